The van der Waals surface area contributed by atoms with Gasteiger partial charge < -0.3 is 15.2 Å². The summed E-state index contributed by atoms with van der Waals surface area (Å²) in [4.78, 5) is 12.5. The third-order valence-electron chi connectivity index (χ3n) is 3.99. The molecule has 26 heavy (non-hydrogen) atoms. The maximum absolute atomic E-state index is 12.5. The summed E-state index contributed by atoms with van der Waals surface area (Å²) in [5, 5.41) is 22.1. The molecule has 7 heteroatoms. The summed E-state index contributed by atoms with van der Waals surface area (Å²) >= 11 is 12.0. The Hall–Kier alpha value is -2.26. The van der Waals surface area contributed by atoms with Crippen LogP contribution in [0.5, 0.6) is 5.75 Å². The van der Waals surface area contributed by atoms with Gasteiger partial charge in [-0.1, -0.05) is 35.3 Å². The lowest BCUT2D eigenvalue weighted by Crippen LogP contribution is -2.29. The molecular formula is C19H18Cl2N2O3. The summed E-state index contributed by atoms with van der Waals surface area (Å²) in [6.45, 7) is 0.255. The Labute approximate surface area is 162 Å². The van der Waals surface area contributed by atoms with Gasteiger partial charge in [-0.3, -0.25) is 4.79 Å². The summed E-state index contributed by atoms with van der Waals surface area (Å²) in [6.07, 6.45) is 0.452. The Kier molecular flexibility index (Phi) is 7.28. The monoisotopic (exact) mass is 392 g/mol. The first-order valence-electron chi connectivity index (χ1n) is 7.93. The molecule has 0 bridgehead atoms. The van der Waals surface area contributed by atoms with Crippen LogP contribution in [0.4, 0.5) is 0 Å². The van der Waals surface area contributed by atoms with Crippen LogP contribution in [0, 0.1) is 11.3 Å². The van der Waals surface area contributed by atoms with E-state index in [1.807, 2.05) is 12.1 Å². The van der Waals surface area contributed by atoms with Crippen LogP contribution in [0.3, 0.4) is 0 Å². The Bertz CT molecular complexity index is 834. The van der Waals surface area contributed by atoms with Gasteiger partial charge in [-0.25, -0.2) is 0 Å². The van der Waals surface area contributed by atoms with Gasteiger partial charge in [0.25, 0.3) is 5.91 Å². The quantitative estimate of drug-likeness (QED) is 0.750. The highest BCUT2D eigenvalue weighted by Crippen LogP contribution is 2.28. The van der Waals surface area contributed by atoms with E-state index in [-0.39, 0.29) is 41.9 Å². The van der Waals surface area contributed by atoms with Crippen molar-refractivity contribution in [3.63, 3.8) is 0 Å². The molecule has 0 aliphatic heterocycles. The first kappa shape index (κ1) is 20.1. The lowest BCUT2D eigenvalue weighted by Gasteiger charge is -2.18. The van der Waals surface area contributed by atoms with Gasteiger partial charge in [0, 0.05) is 19.1 Å². The van der Waals surface area contributed by atoms with Crippen LogP contribution in [0.2, 0.25) is 10.0 Å². The fourth-order valence-electron chi connectivity index (χ4n) is 2.64. The highest BCUT2D eigenvalue weighted by molar-refractivity contribution is 6.42. The summed E-state index contributed by atoms with van der Waals surface area (Å²) in [5.74, 6) is -0.258. The molecule has 1 unspecified atom stereocenters. The molecule has 2 aromatic rings. The molecule has 136 valence electrons. The van der Waals surface area contributed by atoms with Gasteiger partial charge in [-0.05, 0) is 36.2 Å². The largest absolute Gasteiger partial charge is 0.495 e. The maximum atomic E-state index is 12.5. The summed E-state index contributed by atoms with van der Waals surface area (Å²) in [5.41, 5.74) is 1.44. The van der Waals surface area contributed by atoms with Crippen molar-refractivity contribution in [2.24, 2.45) is 0 Å². The number of carbonyl (C=O) groups excluding carboxylic acids is 1. The molecule has 1 amide bonds. The molecule has 0 saturated heterocycles. The molecule has 2 aromatic carbocycles. The third kappa shape index (κ3) is 4.67. The van der Waals surface area contributed by atoms with Crippen molar-refractivity contribution in [2.75, 3.05) is 20.3 Å². The van der Waals surface area contributed by atoms with E-state index in [2.05, 4.69) is 5.32 Å². The van der Waals surface area contributed by atoms with E-state index in [1.54, 1.807) is 30.3 Å². The van der Waals surface area contributed by atoms with Crippen molar-refractivity contribution in [2.45, 2.75) is 12.3 Å². The van der Waals surface area contributed by atoms with Gasteiger partial charge in [0.2, 0.25) is 0 Å². The zero-order chi connectivity index (χ0) is 19.1. The van der Waals surface area contributed by atoms with Crippen LogP contribution in [-0.2, 0) is 0 Å². The first-order chi connectivity index (χ1) is 12.5. The number of aliphatic hydroxyl groups is 1. The minimum absolute atomic E-state index is 0.0337. The number of hydrogen-bond acceptors (Lipinski definition) is 4. The number of carbonyl (C=O) groups is 1. The van der Waals surface area contributed by atoms with Gasteiger partial charge in [-0.2, -0.15) is 5.26 Å². The van der Waals surface area contributed by atoms with Crippen LogP contribution < -0.4 is 10.1 Å². The number of nitrogens with zero attached hydrogens (tertiary/aromatic N) is 1. The second kappa shape index (κ2) is 9.44. The predicted molar refractivity (Wildman–Crippen MR) is 101 cm³/mol. The van der Waals surface area contributed by atoms with E-state index in [0.717, 1.165) is 5.56 Å². The molecule has 0 spiro atoms. The van der Waals surface area contributed by atoms with Crippen LogP contribution in [0.15, 0.2) is 36.4 Å². The minimum atomic E-state index is -0.359. The zero-order valence-corrected chi connectivity index (χ0v) is 15.6. The number of aliphatic hydroxyl groups excluding tert-OH is 1. The second-order valence-electron chi connectivity index (χ2n) is 5.59. The molecule has 2 rings (SSSR count). The van der Waals surface area contributed by atoms with Crippen LogP contribution >= 0.6 is 23.2 Å². The number of para-hydroxylation sites is 1. The Morgan fingerprint density at radius 3 is 2.69 bits per heavy atom. The molecule has 0 aliphatic rings. The molecule has 0 saturated carbocycles. The number of hydrogen-bond donors (Lipinski definition) is 2. The van der Waals surface area contributed by atoms with Crippen molar-refractivity contribution in [1.82, 2.24) is 5.32 Å². The van der Waals surface area contributed by atoms with Crippen molar-refractivity contribution >= 4 is 29.1 Å². The van der Waals surface area contributed by atoms with Crippen molar-refractivity contribution in [1.29, 1.82) is 5.26 Å². The predicted octanol–water partition coefficient (Wildman–Crippen LogP) is 3.77. The first-order valence-corrected chi connectivity index (χ1v) is 8.68. The molecule has 0 aliphatic carbocycles. The van der Waals surface area contributed by atoms with Crippen LogP contribution in [0.25, 0.3) is 0 Å². The zero-order valence-electron chi connectivity index (χ0n) is 14.1. The fourth-order valence-corrected chi connectivity index (χ4v) is 2.95. The van der Waals surface area contributed by atoms with Crippen LogP contribution in [-0.4, -0.2) is 31.3 Å². The van der Waals surface area contributed by atoms with E-state index in [1.165, 1.54) is 7.11 Å². The lowest BCUT2D eigenvalue weighted by molar-refractivity contribution is 0.0946. The van der Waals surface area contributed by atoms with Crippen molar-refractivity contribution in [3.05, 3.63) is 63.1 Å². The Balaban J connectivity index is 2.18. The smallest absolute Gasteiger partial charge is 0.255 e. The van der Waals surface area contributed by atoms with E-state index >= 15 is 0 Å². The van der Waals surface area contributed by atoms with E-state index in [4.69, 9.17) is 33.2 Å². The van der Waals surface area contributed by atoms with Crippen molar-refractivity contribution in [3.8, 4) is 11.8 Å². The normalized spacial score (nSPS) is 11.5. The maximum Gasteiger partial charge on any atom is 0.255 e. The van der Waals surface area contributed by atoms with Gasteiger partial charge >= 0.3 is 0 Å². The van der Waals surface area contributed by atoms with Gasteiger partial charge in [0.05, 0.1) is 28.3 Å². The Morgan fingerprint density at radius 2 is 2.08 bits per heavy atom. The molecule has 0 aromatic heterocycles. The highest BCUT2D eigenvalue weighted by Gasteiger charge is 2.18. The van der Waals surface area contributed by atoms with E-state index in [0.29, 0.717) is 16.5 Å². The summed E-state index contributed by atoms with van der Waals surface area (Å²) < 4.78 is 5.20. The summed E-state index contributed by atoms with van der Waals surface area (Å²) in [6, 6.07) is 12.0. The fraction of sp³-hybridized carbons (Fsp3) is 0.263. The average molecular weight is 393 g/mol. The number of benzene rings is 2. The molecule has 0 fully saturated rings. The SMILES string of the molecule is COc1c(C#N)cccc1C(=O)NCC(CCO)c1ccc(Cl)c(Cl)c1. The Morgan fingerprint density at radius 1 is 1.31 bits per heavy atom. The number of nitrogens with one attached hydrogen (secondary N) is 1. The number of methoxy groups -OCH3 is 1. The van der Waals surface area contributed by atoms with Crippen molar-refractivity contribution < 1.29 is 14.6 Å². The van der Waals surface area contributed by atoms with E-state index in [9.17, 15) is 9.90 Å². The average Bonchev–Trinajstić information content (AvgIpc) is 2.66. The molecule has 0 heterocycles. The second-order valence-corrected chi connectivity index (χ2v) is 6.41. The van der Waals surface area contributed by atoms with Crippen LogP contribution in [0.1, 0.15) is 33.8 Å². The van der Waals surface area contributed by atoms with E-state index < -0.39 is 0 Å². The number of nitriles is 1. The van der Waals surface area contributed by atoms with Gasteiger partial charge in [0.1, 0.15) is 11.8 Å². The molecule has 5 nitrogen and oxygen atoms in total. The minimum Gasteiger partial charge on any atom is -0.495 e. The summed E-state index contributed by atoms with van der Waals surface area (Å²) in [7, 11) is 1.41. The molecule has 2 N–H and O–H groups in total. The third-order valence-corrected chi connectivity index (χ3v) is 4.72. The number of rotatable bonds is 7. The highest BCUT2D eigenvalue weighted by atomic mass is 35.5. The number of halogens is 2. The molecule has 1 atom stereocenters. The number of ether oxygens (including phenoxy) is 1. The lowest BCUT2D eigenvalue weighted by atomic mass is 9.95. The van der Waals surface area contributed by atoms with Gasteiger partial charge in [0.15, 0.2) is 0 Å². The molecule has 0 radical (unpaired) electrons. The van der Waals surface area contributed by atoms with Gasteiger partial charge in [-0.15, -0.1) is 0 Å². The number of amides is 1. The topological polar surface area (TPSA) is 82.3 Å². The molecular weight excluding hydrogens is 375 g/mol. The standard InChI is InChI=1S/C19H18Cl2N2O3/c1-26-18-13(10-22)3-2-4-15(18)19(25)23-11-14(7-8-24)12-5-6-16(20)17(21)9-12/h2-6,9,14,24H,7-8,11H2,1H3,(H,23,25).